The molecule has 0 aromatic heterocycles. The maximum atomic E-state index is 6.56. The average Bonchev–Trinajstić information content (AvgIpc) is 3.04. The molecule has 1 aromatic carbocycles. The Hall–Kier alpha value is -1.30. The minimum Gasteiger partial charge on any atom is -0.469 e. The summed E-state index contributed by atoms with van der Waals surface area (Å²) < 4.78 is 19.4. The second kappa shape index (κ2) is 22.4. The Morgan fingerprint density at radius 1 is 0.538 bits per heavy atom. The first-order valence-electron chi connectivity index (χ1n) is 16.7. The van der Waals surface area contributed by atoms with Crippen molar-refractivity contribution in [2.45, 2.75) is 143 Å². The lowest BCUT2D eigenvalue weighted by molar-refractivity contribution is -0.0723. The van der Waals surface area contributed by atoms with Gasteiger partial charge in [-0.15, -0.1) is 0 Å². The highest BCUT2D eigenvalue weighted by Crippen LogP contribution is 2.31. The van der Waals surface area contributed by atoms with Crippen LogP contribution in [0.25, 0.3) is 0 Å². The van der Waals surface area contributed by atoms with Crippen LogP contribution in [-0.2, 0) is 4.74 Å². The summed E-state index contributed by atoms with van der Waals surface area (Å²) in [6.07, 6.45) is 21.2. The van der Waals surface area contributed by atoms with E-state index in [1.54, 1.807) is 0 Å². The lowest BCUT2D eigenvalue weighted by atomic mass is 10.1. The van der Waals surface area contributed by atoms with Gasteiger partial charge >= 0.3 is 0 Å². The van der Waals surface area contributed by atoms with Crippen LogP contribution in [0.3, 0.4) is 0 Å². The van der Waals surface area contributed by atoms with Crippen molar-refractivity contribution in [1.29, 1.82) is 0 Å². The maximum absolute atomic E-state index is 6.56. The topological polar surface area (TPSA) is 34.2 Å². The molecule has 1 aliphatic rings. The first kappa shape index (κ1) is 33.9. The molecule has 0 radical (unpaired) electrons. The highest BCUT2D eigenvalue weighted by atomic mass is 16.6. The number of para-hydroxylation sites is 2. The van der Waals surface area contributed by atoms with E-state index in [0.29, 0.717) is 13.2 Å². The molecule has 0 spiro atoms. The normalized spacial score (nSPS) is 17.8. The van der Waals surface area contributed by atoms with Gasteiger partial charge in [0.25, 0.3) is 0 Å². The predicted octanol–water partition coefficient (Wildman–Crippen LogP) is 9.05. The Bertz CT molecular complexity index is 644. The number of hydrogen-bond donors (Lipinski definition) is 0. The van der Waals surface area contributed by atoms with E-state index in [1.165, 1.54) is 103 Å². The van der Waals surface area contributed by atoms with Crippen molar-refractivity contribution in [2.75, 3.05) is 39.4 Å². The van der Waals surface area contributed by atoms with Crippen molar-refractivity contribution >= 4 is 0 Å². The van der Waals surface area contributed by atoms with Gasteiger partial charge in [-0.3, -0.25) is 9.80 Å². The van der Waals surface area contributed by atoms with Crippen LogP contribution in [0.15, 0.2) is 24.3 Å². The summed E-state index contributed by atoms with van der Waals surface area (Å²) in [5.41, 5.74) is 0. The molecule has 5 nitrogen and oxygen atoms in total. The first-order chi connectivity index (χ1) is 19.2. The monoisotopic (exact) mass is 546 g/mol. The number of benzene rings is 1. The molecule has 1 aromatic rings. The molecular weight excluding hydrogens is 484 g/mol. The highest BCUT2D eigenvalue weighted by molar-refractivity contribution is 5.39. The van der Waals surface area contributed by atoms with Gasteiger partial charge in [-0.2, -0.15) is 0 Å². The zero-order valence-electron chi connectivity index (χ0n) is 26.1. The molecule has 2 unspecified atom stereocenters. The van der Waals surface area contributed by atoms with Crippen molar-refractivity contribution < 1.29 is 14.2 Å². The van der Waals surface area contributed by atoms with Gasteiger partial charge in [0.05, 0.1) is 13.2 Å². The van der Waals surface area contributed by atoms with E-state index in [9.17, 15) is 0 Å². The molecule has 0 fully saturated rings. The molecule has 1 aliphatic heterocycles. The van der Waals surface area contributed by atoms with Crippen LogP contribution in [0.5, 0.6) is 11.5 Å². The fourth-order valence-corrected chi connectivity index (χ4v) is 5.54. The highest BCUT2D eigenvalue weighted by Gasteiger charge is 2.27. The van der Waals surface area contributed by atoms with Gasteiger partial charge in [-0.05, 0) is 38.1 Å². The molecule has 39 heavy (non-hydrogen) atoms. The zero-order valence-corrected chi connectivity index (χ0v) is 26.1. The Balaban J connectivity index is 1.87. The first-order valence-corrected chi connectivity index (χ1v) is 16.7. The second-order valence-corrected chi connectivity index (χ2v) is 11.3. The number of likely N-dealkylation sites (N-methyl/N-ethyl adjacent to an activating group) is 2. The number of ether oxygens (including phenoxy) is 3. The fraction of sp³-hybridized carbons (Fsp3) is 0.824. The Morgan fingerprint density at radius 2 is 0.897 bits per heavy atom. The molecule has 0 bridgehead atoms. The van der Waals surface area contributed by atoms with E-state index in [1.807, 2.05) is 24.3 Å². The quantitative estimate of drug-likeness (QED) is 0.136. The minimum atomic E-state index is -0.0918. The molecule has 226 valence electrons. The molecule has 0 saturated carbocycles. The summed E-state index contributed by atoms with van der Waals surface area (Å²) >= 11 is 0. The van der Waals surface area contributed by atoms with E-state index in [4.69, 9.17) is 14.2 Å². The van der Waals surface area contributed by atoms with Crippen LogP contribution in [0.4, 0.5) is 0 Å². The molecule has 0 amide bonds. The smallest absolute Gasteiger partial charge is 0.176 e. The van der Waals surface area contributed by atoms with Crippen molar-refractivity contribution in [3.8, 4) is 11.5 Å². The maximum Gasteiger partial charge on any atom is 0.176 e. The van der Waals surface area contributed by atoms with Gasteiger partial charge in [0.2, 0.25) is 0 Å². The molecule has 5 heteroatoms. The van der Waals surface area contributed by atoms with Crippen LogP contribution >= 0.6 is 0 Å². The van der Waals surface area contributed by atoms with Gasteiger partial charge in [-0.25, -0.2) is 0 Å². The van der Waals surface area contributed by atoms with E-state index < -0.39 is 0 Å². The summed E-state index contributed by atoms with van der Waals surface area (Å²) in [5, 5.41) is 0. The van der Waals surface area contributed by atoms with E-state index in [0.717, 1.165) is 37.7 Å². The second-order valence-electron chi connectivity index (χ2n) is 11.3. The van der Waals surface area contributed by atoms with Crippen LogP contribution in [0, 0.1) is 0 Å². The SMILES string of the molecule is CCCCCCCCCCN(CC)C1COCC(N(CC)CCCCCCCCCC)Oc2ccccc2O1. The van der Waals surface area contributed by atoms with E-state index >= 15 is 0 Å². The summed E-state index contributed by atoms with van der Waals surface area (Å²) in [6.45, 7) is 14.2. The Labute approximate surface area is 242 Å². The third-order valence-corrected chi connectivity index (χ3v) is 8.12. The number of rotatable bonds is 22. The Morgan fingerprint density at radius 3 is 1.26 bits per heavy atom. The van der Waals surface area contributed by atoms with Crippen molar-refractivity contribution in [3.63, 3.8) is 0 Å². The van der Waals surface area contributed by atoms with Gasteiger partial charge < -0.3 is 14.2 Å². The van der Waals surface area contributed by atoms with Crippen LogP contribution in [0.1, 0.15) is 130 Å². The fourth-order valence-electron chi connectivity index (χ4n) is 5.54. The van der Waals surface area contributed by atoms with Gasteiger partial charge in [-0.1, -0.05) is 130 Å². The van der Waals surface area contributed by atoms with Gasteiger partial charge in [0, 0.05) is 13.1 Å². The average molecular weight is 547 g/mol. The van der Waals surface area contributed by atoms with Crippen LogP contribution < -0.4 is 9.47 Å². The van der Waals surface area contributed by atoms with Gasteiger partial charge in [0.1, 0.15) is 0 Å². The van der Waals surface area contributed by atoms with E-state index in [-0.39, 0.29) is 12.5 Å². The number of hydrogen-bond acceptors (Lipinski definition) is 5. The third-order valence-electron chi connectivity index (χ3n) is 8.12. The van der Waals surface area contributed by atoms with Crippen molar-refractivity contribution in [1.82, 2.24) is 9.80 Å². The molecule has 0 N–H and O–H groups in total. The minimum absolute atomic E-state index is 0.0918. The summed E-state index contributed by atoms with van der Waals surface area (Å²) in [4.78, 5) is 4.87. The van der Waals surface area contributed by atoms with Crippen LogP contribution in [-0.4, -0.2) is 61.6 Å². The van der Waals surface area contributed by atoms with Crippen molar-refractivity contribution in [3.05, 3.63) is 24.3 Å². The lowest BCUT2D eigenvalue weighted by Crippen LogP contribution is -2.45. The number of unbranched alkanes of at least 4 members (excludes halogenated alkanes) is 14. The van der Waals surface area contributed by atoms with E-state index in [2.05, 4.69) is 37.5 Å². The molecule has 2 rings (SSSR count). The Kier molecular flexibility index (Phi) is 19.5. The number of nitrogens with zero attached hydrogens (tertiary/aromatic N) is 2. The molecule has 0 saturated heterocycles. The number of fused-ring (bicyclic) bond motifs is 1. The molecular formula is C34H62N2O3. The third kappa shape index (κ3) is 14.2. The summed E-state index contributed by atoms with van der Waals surface area (Å²) in [5.74, 6) is 1.66. The molecule has 1 heterocycles. The largest absolute Gasteiger partial charge is 0.469 e. The summed E-state index contributed by atoms with van der Waals surface area (Å²) in [7, 11) is 0. The van der Waals surface area contributed by atoms with Gasteiger partial charge in [0.15, 0.2) is 24.0 Å². The summed E-state index contributed by atoms with van der Waals surface area (Å²) in [6, 6.07) is 8.17. The zero-order chi connectivity index (χ0) is 28.0. The standard InChI is InChI=1S/C34H62N2O3/c1-5-9-11-13-15-17-19-23-27-35(7-3)33-29-37-30-34(39-32-26-22-21-25-31(32)38-33)36(8-4)28-24-20-18-16-14-12-10-6-2/h21-22,25-26,33-34H,5-20,23-24,27-30H2,1-4H3. The van der Waals surface area contributed by atoms with Crippen LogP contribution in [0.2, 0.25) is 0 Å². The lowest BCUT2D eigenvalue weighted by Gasteiger charge is -2.31. The molecule has 2 atom stereocenters. The predicted molar refractivity (Wildman–Crippen MR) is 166 cm³/mol. The molecule has 0 aliphatic carbocycles. The van der Waals surface area contributed by atoms with Crippen molar-refractivity contribution in [2.24, 2.45) is 0 Å².